The Labute approximate surface area is 123 Å². The van der Waals surface area contributed by atoms with Crippen molar-refractivity contribution < 1.29 is 18.0 Å². The maximum Gasteiger partial charge on any atom is 0.387 e. The lowest BCUT2D eigenvalue weighted by atomic mass is 10.2. The number of hydrogen-bond donors (Lipinski definition) is 1. The number of nitrogens with zero attached hydrogens (tertiary/aromatic N) is 3. The Hall–Kier alpha value is -3.03. The standard InChI is InChI=1S/C14H10F2N4O2/c15-14(16)21-9-5-3-8(4-6-9)12-19-13(22-20-12)10-2-1-7-18-11(10)17/h1-7,14H,(H2,17,18). The summed E-state index contributed by atoms with van der Waals surface area (Å²) in [4.78, 5) is 8.15. The molecule has 2 aromatic heterocycles. The molecule has 0 saturated carbocycles. The monoisotopic (exact) mass is 304 g/mol. The van der Waals surface area contributed by atoms with E-state index in [1.807, 2.05) is 0 Å². The molecular weight excluding hydrogens is 294 g/mol. The van der Waals surface area contributed by atoms with E-state index >= 15 is 0 Å². The zero-order valence-corrected chi connectivity index (χ0v) is 11.1. The molecule has 0 aliphatic heterocycles. The number of rotatable bonds is 4. The number of ether oxygens (including phenoxy) is 1. The van der Waals surface area contributed by atoms with E-state index in [2.05, 4.69) is 19.9 Å². The van der Waals surface area contributed by atoms with Crippen molar-refractivity contribution in [1.82, 2.24) is 15.1 Å². The molecule has 8 heteroatoms. The molecule has 3 rings (SSSR count). The summed E-state index contributed by atoms with van der Waals surface area (Å²) in [5, 5.41) is 3.84. The summed E-state index contributed by atoms with van der Waals surface area (Å²) in [6, 6.07) is 9.31. The number of halogens is 2. The Bertz CT molecular complexity index is 775. The fraction of sp³-hybridized carbons (Fsp3) is 0.0714. The number of benzene rings is 1. The maximum absolute atomic E-state index is 12.1. The highest BCUT2D eigenvalue weighted by Crippen LogP contribution is 2.26. The molecule has 3 aromatic rings. The molecule has 0 atom stereocenters. The van der Waals surface area contributed by atoms with Crippen molar-refractivity contribution in [1.29, 1.82) is 0 Å². The van der Waals surface area contributed by atoms with E-state index < -0.39 is 6.61 Å². The van der Waals surface area contributed by atoms with Crippen LogP contribution >= 0.6 is 0 Å². The zero-order valence-electron chi connectivity index (χ0n) is 11.1. The van der Waals surface area contributed by atoms with Gasteiger partial charge >= 0.3 is 6.61 Å². The predicted molar refractivity (Wildman–Crippen MR) is 74.0 cm³/mol. The number of pyridine rings is 1. The van der Waals surface area contributed by atoms with Gasteiger partial charge in [0, 0.05) is 11.8 Å². The lowest BCUT2D eigenvalue weighted by Gasteiger charge is -2.03. The molecule has 0 amide bonds. The number of anilines is 1. The van der Waals surface area contributed by atoms with E-state index in [0.29, 0.717) is 17.0 Å². The number of hydrogen-bond acceptors (Lipinski definition) is 6. The van der Waals surface area contributed by atoms with Crippen LogP contribution in [0.3, 0.4) is 0 Å². The average molecular weight is 304 g/mol. The van der Waals surface area contributed by atoms with Crippen molar-refractivity contribution in [2.45, 2.75) is 6.61 Å². The van der Waals surface area contributed by atoms with E-state index in [0.717, 1.165) is 0 Å². The molecule has 22 heavy (non-hydrogen) atoms. The van der Waals surface area contributed by atoms with Crippen LogP contribution in [-0.4, -0.2) is 21.7 Å². The fourth-order valence-corrected chi connectivity index (χ4v) is 1.83. The second-order valence-electron chi connectivity index (χ2n) is 4.26. The third-order valence-corrected chi connectivity index (χ3v) is 2.83. The number of aromatic nitrogens is 3. The Kier molecular flexibility index (Phi) is 3.65. The zero-order chi connectivity index (χ0) is 15.5. The summed E-state index contributed by atoms with van der Waals surface area (Å²) < 4.78 is 33.6. The summed E-state index contributed by atoms with van der Waals surface area (Å²) in [5.41, 5.74) is 6.86. The molecule has 0 fully saturated rings. The molecule has 0 aliphatic carbocycles. The SMILES string of the molecule is Nc1ncccc1-c1nc(-c2ccc(OC(F)F)cc2)no1. The van der Waals surface area contributed by atoms with Gasteiger partial charge in [0.1, 0.15) is 11.6 Å². The highest BCUT2D eigenvalue weighted by molar-refractivity contribution is 5.68. The Balaban J connectivity index is 1.86. The normalized spacial score (nSPS) is 10.9. The van der Waals surface area contributed by atoms with Gasteiger partial charge in [-0.25, -0.2) is 4.98 Å². The van der Waals surface area contributed by atoms with Gasteiger partial charge < -0.3 is 15.0 Å². The minimum Gasteiger partial charge on any atom is -0.435 e. The lowest BCUT2D eigenvalue weighted by Crippen LogP contribution is -2.01. The number of alkyl halides is 2. The number of nitrogens with two attached hydrogens (primary N) is 1. The van der Waals surface area contributed by atoms with Gasteiger partial charge in [0.25, 0.3) is 5.89 Å². The van der Waals surface area contributed by atoms with Crippen molar-refractivity contribution in [2.24, 2.45) is 0 Å². The van der Waals surface area contributed by atoms with E-state index in [4.69, 9.17) is 10.3 Å². The Morgan fingerprint density at radius 3 is 2.59 bits per heavy atom. The topological polar surface area (TPSA) is 87.1 Å². The van der Waals surface area contributed by atoms with Gasteiger partial charge in [0.2, 0.25) is 5.82 Å². The van der Waals surface area contributed by atoms with E-state index in [-0.39, 0.29) is 17.5 Å². The first kappa shape index (κ1) is 13.9. The van der Waals surface area contributed by atoms with Gasteiger partial charge in [-0.3, -0.25) is 0 Å². The first-order chi connectivity index (χ1) is 10.6. The van der Waals surface area contributed by atoms with Crippen molar-refractivity contribution in [2.75, 3.05) is 5.73 Å². The second kappa shape index (κ2) is 5.76. The third kappa shape index (κ3) is 2.85. The summed E-state index contributed by atoms with van der Waals surface area (Å²) in [6.45, 7) is -2.86. The van der Waals surface area contributed by atoms with Crippen molar-refractivity contribution >= 4 is 5.82 Å². The lowest BCUT2D eigenvalue weighted by molar-refractivity contribution is -0.0498. The Morgan fingerprint density at radius 1 is 1.14 bits per heavy atom. The van der Waals surface area contributed by atoms with Gasteiger partial charge in [-0.15, -0.1) is 0 Å². The van der Waals surface area contributed by atoms with E-state index in [9.17, 15) is 8.78 Å². The summed E-state index contributed by atoms with van der Waals surface area (Å²) in [7, 11) is 0. The highest BCUT2D eigenvalue weighted by Gasteiger charge is 2.13. The first-order valence-electron chi connectivity index (χ1n) is 6.23. The van der Waals surface area contributed by atoms with Crippen LogP contribution in [0, 0.1) is 0 Å². The molecular formula is C14H10F2N4O2. The number of nitrogen functional groups attached to an aromatic ring is 1. The van der Waals surface area contributed by atoms with Crippen molar-refractivity contribution in [3.8, 4) is 28.6 Å². The highest BCUT2D eigenvalue weighted by atomic mass is 19.3. The van der Waals surface area contributed by atoms with Crippen LogP contribution in [0.25, 0.3) is 22.8 Å². The van der Waals surface area contributed by atoms with Crippen LogP contribution in [0.15, 0.2) is 47.1 Å². The molecule has 0 radical (unpaired) electrons. The van der Waals surface area contributed by atoms with Gasteiger partial charge in [0.15, 0.2) is 0 Å². The average Bonchev–Trinajstić information content (AvgIpc) is 2.97. The predicted octanol–water partition coefficient (Wildman–Crippen LogP) is 2.98. The van der Waals surface area contributed by atoms with Crippen molar-refractivity contribution in [3.05, 3.63) is 42.6 Å². The minimum absolute atomic E-state index is 0.0546. The molecule has 0 saturated heterocycles. The van der Waals surface area contributed by atoms with Crippen molar-refractivity contribution in [3.63, 3.8) is 0 Å². The smallest absolute Gasteiger partial charge is 0.387 e. The minimum atomic E-state index is -2.86. The maximum atomic E-state index is 12.1. The third-order valence-electron chi connectivity index (χ3n) is 2.83. The molecule has 2 N–H and O–H groups in total. The quantitative estimate of drug-likeness (QED) is 0.797. The molecule has 112 valence electrons. The van der Waals surface area contributed by atoms with Crippen LogP contribution in [0.5, 0.6) is 5.75 Å². The summed E-state index contributed by atoms with van der Waals surface area (Å²) >= 11 is 0. The van der Waals surface area contributed by atoms with Crippen LogP contribution in [-0.2, 0) is 0 Å². The van der Waals surface area contributed by atoms with Gasteiger partial charge in [-0.2, -0.15) is 13.8 Å². The van der Waals surface area contributed by atoms with Crippen LogP contribution in [0.2, 0.25) is 0 Å². The van der Waals surface area contributed by atoms with E-state index in [1.54, 1.807) is 30.5 Å². The van der Waals surface area contributed by atoms with E-state index in [1.165, 1.54) is 12.1 Å². The molecule has 0 aliphatic rings. The molecule has 2 heterocycles. The van der Waals surface area contributed by atoms with Gasteiger partial charge in [0.05, 0.1) is 5.56 Å². The fourth-order valence-electron chi connectivity index (χ4n) is 1.83. The molecule has 0 spiro atoms. The molecule has 0 bridgehead atoms. The largest absolute Gasteiger partial charge is 0.435 e. The first-order valence-corrected chi connectivity index (χ1v) is 6.23. The Morgan fingerprint density at radius 2 is 1.91 bits per heavy atom. The van der Waals surface area contributed by atoms with Crippen LogP contribution < -0.4 is 10.5 Å². The summed E-state index contributed by atoms with van der Waals surface area (Å²) in [5.74, 6) is 0.868. The van der Waals surface area contributed by atoms with Gasteiger partial charge in [-0.05, 0) is 36.4 Å². The second-order valence-corrected chi connectivity index (χ2v) is 4.26. The van der Waals surface area contributed by atoms with Crippen LogP contribution in [0.1, 0.15) is 0 Å². The van der Waals surface area contributed by atoms with Gasteiger partial charge in [-0.1, -0.05) is 5.16 Å². The molecule has 6 nitrogen and oxygen atoms in total. The molecule has 1 aromatic carbocycles. The summed E-state index contributed by atoms with van der Waals surface area (Å²) in [6.07, 6.45) is 1.55. The molecule has 0 unspecified atom stereocenters. The van der Waals surface area contributed by atoms with Crippen LogP contribution in [0.4, 0.5) is 14.6 Å².